The summed E-state index contributed by atoms with van der Waals surface area (Å²) in [6.07, 6.45) is 8.84. The number of hydrogen-bond acceptors (Lipinski definition) is 2. The van der Waals surface area contributed by atoms with E-state index in [9.17, 15) is 4.79 Å². The third kappa shape index (κ3) is 1.25. The zero-order valence-electron chi connectivity index (χ0n) is 8.47. The molecule has 1 fully saturated rings. The van der Waals surface area contributed by atoms with Gasteiger partial charge < -0.3 is 4.74 Å². The van der Waals surface area contributed by atoms with Crippen molar-refractivity contribution in [1.29, 1.82) is 0 Å². The molecular formula is C12H13BrO2. The van der Waals surface area contributed by atoms with Crippen molar-refractivity contribution in [2.45, 2.75) is 17.9 Å². The minimum absolute atomic E-state index is 0.00694. The minimum atomic E-state index is -0.178. The molecule has 80 valence electrons. The molecule has 0 N–H and O–H groups in total. The molecule has 0 unspecified atom stereocenters. The van der Waals surface area contributed by atoms with E-state index < -0.39 is 0 Å². The number of rotatable bonds is 1. The Labute approximate surface area is 97.5 Å². The topological polar surface area (TPSA) is 26.3 Å². The molecule has 0 saturated heterocycles. The summed E-state index contributed by atoms with van der Waals surface area (Å²) < 4.78 is 5.35. The number of carbonyl (C=O) groups is 1. The highest BCUT2D eigenvalue weighted by molar-refractivity contribution is 9.09. The van der Waals surface area contributed by atoms with Crippen LogP contribution in [0.3, 0.4) is 0 Å². The maximum Gasteiger partial charge on any atom is 0.303 e. The van der Waals surface area contributed by atoms with Crippen LogP contribution in [-0.2, 0) is 9.53 Å². The smallest absolute Gasteiger partial charge is 0.303 e. The molecule has 0 aliphatic heterocycles. The number of alkyl halides is 1. The zero-order valence-corrected chi connectivity index (χ0v) is 10.1. The fourth-order valence-electron chi connectivity index (χ4n) is 3.29. The number of esters is 1. The zero-order chi connectivity index (χ0) is 10.6. The summed E-state index contributed by atoms with van der Waals surface area (Å²) in [5, 5.41) is 0. The van der Waals surface area contributed by atoms with Gasteiger partial charge in [0.25, 0.3) is 0 Å². The van der Waals surface area contributed by atoms with Gasteiger partial charge in [-0.05, 0) is 23.8 Å². The molecule has 15 heavy (non-hydrogen) atoms. The summed E-state index contributed by atoms with van der Waals surface area (Å²) in [5.74, 6) is 1.97. The van der Waals surface area contributed by atoms with Crippen LogP contribution in [0.15, 0.2) is 24.3 Å². The lowest BCUT2D eigenvalue weighted by Crippen LogP contribution is -2.28. The Bertz CT molecular complexity index is 361. The van der Waals surface area contributed by atoms with Gasteiger partial charge in [-0.1, -0.05) is 34.2 Å². The lowest BCUT2D eigenvalue weighted by molar-refractivity contribution is -0.146. The molecule has 0 aromatic carbocycles. The fraction of sp³-hybridized carbons (Fsp3) is 0.583. The van der Waals surface area contributed by atoms with Gasteiger partial charge in [-0.2, -0.15) is 0 Å². The maximum atomic E-state index is 11.0. The standard InChI is InChI=1S/C12H13BrO2/c1-6(14)15-10-5-4-7-8-2-3-9(11(7)10)12(8)13/h2-5,7-12H,1H3/t7-,8-,9-,10-,11-,12-/m1/s1. The van der Waals surface area contributed by atoms with Gasteiger partial charge >= 0.3 is 5.97 Å². The Kier molecular flexibility index (Phi) is 2.06. The molecule has 3 aliphatic carbocycles. The van der Waals surface area contributed by atoms with E-state index in [-0.39, 0.29) is 12.1 Å². The SMILES string of the molecule is CC(=O)O[C@@H]1C=C[C@@H]2[C@H]3C=C[C@@H]([C@@H]3Br)[C@@H]21. The number of carbonyl (C=O) groups excluding carboxylic acids is 1. The molecule has 0 radical (unpaired) electrons. The summed E-state index contributed by atoms with van der Waals surface area (Å²) in [7, 11) is 0. The van der Waals surface area contributed by atoms with Gasteiger partial charge in [0, 0.05) is 17.7 Å². The summed E-state index contributed by atoms with van der Waals surface area (Å²) in [6, 6.07) is 0. The average molecular weight is 269 g/mol. The van der Waals surface area contributed by atoms with Crippen LogP contribution in [0.5, 0.6) is 0 Å². The largest absolute Gasteiger partial charge is 0.458 e. The quantitative estimate of drug-likeness (QED) is 0.415. The van der Waals surface area contributed by atoms with Crippen LogP contribution >= 0.6 is 15.9 Å². The number of halogens is 1. The van der Waals surface area contributed by atoms with Crippen molar-refractivity contribution in [3.05, 3.63) is 24.3 Å². The predicted molar refractivity (Wildman–Crippen MR) is 60.5 cm³/mol. The van der Waals surface area contributed by atoms with Gasteiger partial charge in [-0.25, -0.2) is 0 Å². The molecule has 3 aliphatic rings. The summed E-state index contributed by atoms with van der Waals surface area (Å²) in [4.78, 5) is 11.5. The summed E-state index contributed by atoms with van der Waals surface area (Å²) in [5.41, 5.74) is 0. The Morgan fingerprint density at radius 1 is 1.13 bits per heavy atom. The highest BCUT2D eigenvalue weighted by Crippen LogP contribution is 2.56. The highest BCUT2D eigenvalue weighted by atomic mass is 79.9. The van der Waals surface area contributed by atoms with Crippen molar-refractivity contribution in [2.24, 2.45) is 23.7 Å². The molecule has 0 amide bonds. The molecular weight excluding hydrogens is 256 g/mol. The van der Waals surface area contributed by atoms with Gasteiger partial charge in [0.1, 0.15) is 6.10 Å². The predicted octanol–water partition coefficient (Wildman–Crippen LogP) is 2.30. The Morgan fingerprint density at radius 3 is 2.53 bits per heavy atom. The second kappa shape index (κ2) is 3.21. The number of hydrogen-bond donors (Lipinski definition) is 0. The van der Waals surface area contributed by atoms with Gasteiger partial charge in [-0.3, -0.25) is 4.79 Å². The lowest BCUT2D eigenvalue weighted by atomic mass is 9.84. The van der Waals surface area contributed by atoms with Gasteiger partial charge in [0.05, 0.1) is 0 Å². The normalized spacial score (nSPS) is 49.7. The average Bonchev–Trinajstić information content (AvgIpc) is 2.79. The minimum Gasteiger partial charge on any atom is -0.458 e. The van der Waals surface area contributed by atoms with Crippen molar-refractivity contribution in [3.8, 4) is 0 Å². The van der Waals surface area contributed by atoms with Crippen LogP contribution in [0.1, 0.15) is 6.92 Å². The van der Waals surface area contributed by atoms with Crippen molar-refractivity contribution < 1.29 is 9.53 Å². The van der Waals surface area contributed by atoms with Gasteiger partial charge in [0.2, 0.25) is 0 Å². The van der Waals surface area contributed by atoms with E-state index in [1.165, 1.54) is 6.92 Å². The molecule has 0 spiro atoms. The van der Waals surface area contributed by atoms with Crippen molar-refractivity contribution in [2.75, 3.05) is 0 Å². The molecule has 1 saturated carbocycles. The first kappa shape index (κ1) is 9.64. The first-order chi connectivity index (χ1) is 7.18. The van der Waals surface area contributed by atoms with E-state index in [4.69, 9.17) is 4.74 Å². The van der Waals surface area contributed by atoms with E-state index in [2.05, 4.69) is 40.2 Å². The molecule has 3 heteroatoms. The molecule has 2 nitrogen and oxygen atoms in total. The molecule has 3 rings (SSSR count). The number of ether oxygens (including phenoxy) is 1. The monoisotopic (exact) mass is 268 g/mol. The Balaban J connectivity index is 1.85. The number of fused-ring (bicyclic) bond motifs is 5. The maximum absolute atomic E-state index is 11.0. The van der Waals surface area contributed by atoms with Crippen LogP contribution in [0.25, 0.3) is 0 Å². The first-order valence-corrected chi connectivity index (χ1v) is 6.28. The number of allylic oxidation sites excluding steroid dienone is 3. The van der Waals surface area contributed by atoms with Crippen LogP contribution in [-0.4, -0.2) is 16.9 Å². The first-order valence-electron chi connectivity index (χ1n) is 5.36. The van der Waals surface area contributed by atoms with Crippen LogP contribution in [0.4, 0.5) is 0 Å². The summed E-state index contributed by atoms with van der Waals surface area (Å²) >= 11 is 3.74. The van der Waals surface area contributed by atoms with Gasteiger partial charge in [-0.15, -0.1) is 0 Å². The molecule has 0 aromatic heterocycles. The highest BCUT2D eigenvalue weighted by Gasteiger charge is 2.54. The van der Waals surface area contributed by atoms with Crippen LogP contribution in [0.2, 0.25) is 0 Å². The van der Waals surface area contributed by atoms with Crippen molar-refractivity contribution in [1.82, 2.24) is 0 Å². The van der Waals surface area contributed by atoms with E-state index in [0.29, 0.717) is 28.5 Å². The lowest BCUT2D eigenvalue weighted by Gasteiger charge is -2.25. The fourth-order valence-corrected chi connectivity index (χ4v) is 4.35. The van der Waals surface area contributed by atoms with Crippen LogP contribution < -0.4 is 0 Å². The molecule has 0 heterocycles. The van der Waals surface area contributed by atoms with E-state index >= 15 is 0 Å². The third-order valence-corrected chi connectivity index (χ3v) is 5.05. The van der Waals surface area contributed by atoms with Crippen molar-refractivity contribution >= 4 is 21.9 Å². The van der Waals surface area contributed by atoms with Crippen molar-refractivity contribution in [3.63, 3.8) is 0 Å². The van der Waals surface area contributed by atoms with Crippen LogP contribution in [0, 0.1) is 23.7 Å². The van der Waals surface area contributed by atoms with Gasteiger partial charge in [0.15, 0.2) is 0 Å². The molecule has 6 atom stereocenters. The van der Waals surface area contributed by atoms with E-state index in [1.54, 1.807) is 0 Å². The molecule has 2 bridgehead atoms. The second-order valence-electron chi connectivity index (χ2n) is 4.60. The van der Waals surface area contributed by atoms with E-state index in [0.717, 1.165) is 0 Å². The third-order valence-electron chi connectivity index (χ3n) is 3.83. The van der Waals surface area contributed by atoms with E-state index in [1.807, 2.05) is 0 Å². The molecule has 0 aromatic rings. The summed E-state index contributed by atoms with van der Waals surface area (Å²) in [6.45, 7) is 1.48. The Hall–Kier alpha value is -0.570. The Morgan fingerprint density at radius 2 is 1.80 bits per heavy atom. The second-order valence-corrected chi connectivity index (χ2v) is 5.66.